The summed E-state index contributed by atoms with van der Waals surface area (Å²) in [6, 6.07) is 9.13. The molecule has 0 fully saturated rings. The molecule has 11 nitrogen and oxygen atoms in total. The van der Waals surface area contributed by atoms with Gasteiger partial charge >= 0.3 is 0 Å². The van der Waals surface area contributed by atoms with Crippen LogP contribution in [0.5, 0.6) is 0 Å². The van der Waals surface area contributed by atoms with Crippen LogP contribution in [0.3, 0.4) is 0 Å². The number of imide groups is 1. The molecule has 1 aliphatic heterocycles. The Morgan fingerprint density at radius 2 is 1.57 bits per heavy atom. The van der Waals surface area contributed by atoms with Gasteiger partial charge in [0, 0.05) is 30.6 Å². The molecule has 204 valence electrons. The minimum atomic E-state index is -0.442. The van der Waals surface area contributed by atoms with Gasteiger partial charge in [-0.1, -0.05) is 26.0 Å². The van der Waals surface area contributed by atoms with Crippen LogP contribution < -0.4 is 0 Å². The van der Waals surface area contributed by atoms with Crippen molar-refractivity contribution in [2.45, 2.75) is 45.4 Å². The van der Waals surface area contributed by atoms with E-state index in [1.807, 2.05) is 40.1 Å². The zero-order chi connectivity index (χ0) is 27.8. The Morgan fingerprint density at radius 3 is 2.27 bits per heavy atom. The SMILES string of the molecule is CCC(CC)n1cc(-c2nc(-c3cnn(C[C@@H](CN4C(=O)c5ccccc5C4=O)OC)c3)cn3nccc23)cn1. The minimum absolute atomic E-state index is 0.125. The van der Waals surface area contributed by atoms with E-state index in [0.29, 0.717) is 29.4 Å². The number of aromatic nitrogens is 7. The lowest BCUT2D eigenvalue weighted by molar-refractivity contribution is 0.0380. The molecule has 0 saturated carbocycles. The molecule has 0 unspecified atom stereocenters. The summed E-state index contributed by atoms with van der Waals surface area (Å²) in [5, 5.41) is 13.6. The molecule has 40 heavy (non-hydrogen) atoms. The molecule has 0 bridgehead atoms. The van der Waals surface area contributed by atoms with Crippen LogP contribution in [0, 0.1) is 0 Å². The van der Waals surface area contributed by atoms with Gasteiger partial charge < -0.3 is 4.74 Å². The highest BCUT2D eigenvalue weighted by atomic mass is 16.5. The van der Waals surface area contributed by atoms with Crippen LogP contribution in [0.4, 0.5) is 0 Å². The van der Waals surface area contributed by atoms with E-state index in [2.05, 4.69) is 29.1 Å². The number of carbonyl (C=O) groups is 2. The Labute approximate surface area is 231 Å². The van der Waals surface area contributed by atoms with Crippen molar-refractivity contribution in [1.29, 1.82) is 0 Å². The maximum absolute atomic E-state index is 12.8. The monoisotopic (exact) mass is 538 g/mol. The first-order valence-corrected chi connectivity index (χ1v) is 13.4. The van der Waals surface area contributed by atoms with E-state index in [1.165, 1.54) is 4.90 Å². The molecule has 11 heteroatoms. The number of amides is 2. The van der Waals surface area contributed by atoms with Crippen molar-refractivity contribution in [1.82, 2.24) is 39.1 Å². The highest BCUT2D eigenvalue weighted by Crippen LogP contribution is 2.28. The first-order valence-electron chi connectivity index (χ1n) is 13.4. The number of hydrogen-bond acceptors (Lipinski definition) is 7. The maximum atomic E-state index is 12.8. The predicted octanol–water partition coefficient (Wildman–Crippen LogP) is 4.13. The molecular weight excluding hydrogens is 508 g/mol. The van der Waals surface area contributed by atoms with Crippen LogP contribution in [0.15, 0.2) is 67.5 Å². The Morgan fingerprint density at radius 1 is 0.850 bits per heavy atom. The second kappa shape index (κ2) is 10.5. The molecule has 5 aromatic rings. The van der Waals surface area contributed by atoms with Crippen LogP contribution in [-0.4, -0.2) is 70.6 Å². The molecule has 1 atom stereocenters. The Bertz CT molecular complexity index is 1660. The maximum Gasteiger partial charge on any atom is 0.261 e. The molecule has 6 rings (SSSR count). The number of hydrogen-bond donors (Lipinski definition) is 0. The fraction of sp³-hybridized carbons (Fsp3) is 0.310. The summed E-state index contributed by atoms with van der Waals surface area (Å²) in [4.78, 5) is 31.8. The fourth-order valence-corrected chi connectivity index (χ4v) is 5.22. The molecule has 0 radical (unpaired) electrons. The van der Waals surface area contributed by atoms with Crippen molar-refractivity contribution in [3.05, 3.63) is 78.6 Å². The number of rotatable bonds is 10. The van der Waals surface area contributed by atoms with Gasteiger partial charge in [-0.15, -0.1) is 0 Å². The summed E-state index contributed by atoms with van der Waals surface area (Å²) in [5.41, 5.74) is 4.96. The number of benzene rings is 1. The third-order valence-electron chi connectivity index (χ3n) is 7.50. The summed E-state index contributed by atoms with van der Waals surface area (Å²) in [7, 11) is 1.56. The van der Waals surface area contributed by atoms with E-state index < -0.39 is 6.10 Å². The first kappa shape index (κ1) is 25.6. The lowest BCUT2D eigenvalue weighted by Gasteiger charge is -2.21. The van der Waals surface area contributed by atoms with Gasteiger partial charge in [-0.3, -0.25) is 23.9 Å². The summed E-state index contributed by atoms with van der Waals surface area (Å²) >= 11 is 0. The van der Waals surface area contributed by atoms with Gasteiger partial charge in [0.15, 0.2) is 0 Å². The van der Waals surface area contributed by atoms with Gasteiger partial charge in [-0.05, 0) is 31.0 Å². The van der Waals surface area contributed by atoms with Crippen LogP contribution in [0.2, 0.25) is 0 Å². The summed E-state index contributed by atoms with van der Waals surface area (Å²) in [5.74, 6) is -0.610. The Kier molecular flexibility index (Phi) is 6.72. The normalized spacial score (nSPS) is 14.1. The van der Waals surface area contributed by atoms with Gasteiger partial charge in [0.2, 0.25) is 0 Å². The van der Waals surface area contributed by atoms with Crippen molar-refractivity contribution in [2.24, 2.45) is 0 Å². The van der Waals surface area contributed by atoms with Crippen molar-refractivity contribution in [3.63, 3.8) is 0 Å². The zero-order valence-corrected chi connectivity index (χ0v) is 22.6. The summed E-state index contributed by atoms with van der Waals surface area (Å²) < 4.78 is 11.2. The molecule has 0 spiro atoms. The van der Waals surface area contributed by atoms with Crippen molar-refractivity contribution >= 4 is 17.3 Å². The minimum Gasteiger partial charge on any atom is -0.378 e. The van der Waals surface area contributed by atoms with E-state index in [1.54, 1.807) is 48.5 Å². The molecular formula is C29H30N8O3. The zero-order valence-electron chi connectivity index (χ0n) is 22.6. The van der Waals surface area contributed by atoms with Gasteiger partial charge in [0.25, 0.3) is 11.8 Å². The van der Waals surface area contributed by atoms with E-state index >= 15 is 0 Å². The molecule has 2 amide bonds. The van der Waals surface area contributed by atoms with Crippen molar-refractivity contribution in [3.8, 4) is 22.5 Å². The van der Waals surface area contributed by atoms with E-state index in [9.17, 15) is 9.59 Å². The quantitative estimate of drug-likeness (QED) is 0.246. The lowest BCUT2D eigenvalue weighted by Crippen LogP contribution is -2.39. The summed E-state index contributed by atoms with van der Waals surface area (Å²) in [6.45, 7) is 4.80. The molecule has 1 aliphatic rings. The van der Waals surface area contributed by atoms with Gasteiger partial charge in [0.05, 0.1) is 78.1 Å². The number of carbonyl (C=O) groups excluding carboxylic acids is 2. The summed E-state index contributed by atoms with van der Waals surface area (Å²) in [6.07, 6.45) is 12.7. The van der Waals surface area contributed by atoms with E-state index in [0.717, 1.165) is 35.2 Å². The highest BCUT2D eigenvalue weighted by molar-refractivity contribution is 6.21. The van der Waals surface area contributed by atoms with Crippen LogP contribution in [0.1, 0.15) is 53.4 Å². The number of methoxy groups -OCH3 is 1. The lowest BCUT2D eigenvalue weighted by atomic mass is 10.1. The average Bonchev–Trinajstić information content (AvgIpc) is 3.78. The molecule has 0 saturated heterocycles. The topological polar surface area (TPSA) is 112 Å². The average molecular weight is 539 g/mol. The van der Waals surface area contributed by atoms with Crippen LogP contribution in [-0.2, 0) is 11.3 Å². The second-order valence-electron chi connectivity index (χ2n) is 9.89. The van der Waals surface area contributed by atoms with Crippen LogP contribution in [0.25, 0.3) is 28.0 Å². The van der Waals surface area contributed by atoms with Gasteiger partial charge in [0.1, 0.15) is 0 Å². The van der Waals surface area contributed by atoms with Crippen molar-refractivity contribution in [2.75, 3.05) is 13.7 Å². The number of ether oxygens (including phenoxy) is 1. The predicted molar refractivity (Wildman–Crippen MR) is 148 cm³/mol. The number of nitrogens with zero attached hydrogens (tertiary/aromatic N) is 8. The first-order chi connectivity index (χ1) is 19.5. The smallest absolute Gasteiger partial charge is 0.261 e. The highest BCUT2D eigenvalue weighted by Gasteiger charge is 2.36. The Hall–Kier alpha value is -4.64. The molecule has 0 N–H and O–H groups in total. The van der Waals surface area contributed by atoms with Gasteiger partial charge in [-0.25, -0.2) is 9.50 Å². The number of fused-ring (bicyclic) bond motifs is 2. The molecule has 1 aromatic carbocycles. The fourth-order valence-electron chi connectivity index (χ4n) is 5.22. The van der Waals surface area contributed by atoms with Crippen molar-refractivity contribution < 1.29 is 14.3 Å². The van der Waals surface area contributed by atoms with E-state index in [4.69, 9.17) is 9.72 Å². The third kappa shape index (κ3) is 4.47. The van der Waals surface area contributed by atoms with E-state index in [-0.39, 0.29) is 18.4 Å². The second-order valence-corrected chi connectivity index (χ2v) is 9.89. The van der Waals surface area contributed by atoms with Gasteiger partial charge in [-0.2, -0.15) is 15.3 Å². The third-order valence-corrected chi connectivity index (χ3v) is 7.50. The molecule has 5 heterocycles. The largest absolute Gasteiger partial charge is 0.378 e. The van der Waals surface area contributed by atoms with Crippen LogP contribution >= 0.6 is 0 Å². The molecule has 4 aromatic heterocycles. The molecule has 0 aliphatic carbocycles. The Balaban J connectivity index is 1.24. The standard InChI is InChI=1S/C29H30N8O3/c1-4-21(5-2)36-15-20(13-32-36)27-26-10-11-30-37(26)18-25(33-27)19-12-31-34(14-19)16-22(40-3)17-35-28(38)23-8-6-7-9-24(23)29(35)39/h6-15,18,21-22H,4-5,16-17H2,1-3H3/t22-/m0/s1.